The summed E-state index contributed by atoms with van der Waals surface area (Å²) in [5.41, 5.74) is -3.79. The van der Waals surface area contributed by atoms with Gasteiger partial charge in [-0.1, -0.05) is 26.7 Å². The SMILES string of the molecule is CCCCC(C)C(C)(C)C(=O)OC(=O)CC(O)(CC(=O)O)C(=O)O. The summed E-state index contributed by atoms with van der Waals surface area (Å²) in [4.78, 5) is 45.6. The number of aliphatic carboxylic acids is 2. The van der Waals surface area contributed by atoms with Crippen molar-refractivity contribution in [3.05, 3.63) is 0 Å². The summed E-state index contributed by atoms with van der Waals surface area (Å²) in [5, 5.41) is 27.3. The Hall–Kier alpha value is -1.96. The molecule has 0 aliphatic heterocycles. The first-order valence-corrected chi connectivity index (χ1v) is 7.79. The van der Waals surface area contributed by atoms with Gasteiger partial charge in [0.05, 0.1) is 18.3 Å². The average Bonchev–Trinajstić information content (AvgIpc) is 2.42. The molecular weight excluding hydrogens is 320 g/mol. The molecule has 138 valence electrons. The second-order valence-electron chi connectivity index (χ2n) is 6.61. The van der Waals surface area contributed by atoms with Crippen molar-refractivity contribution in [3.8, 4) is 0 Å². The van der Waals surface area contributed by atoms with Gasteiger partial charge >= 0.3 is 23.9 Å². The average molecular weight is 346 g/mol. The van der Waals surface area contributed by atoms with Crippen LogP contribution in [0.3, 0.4) is 0 Å². The zero-order valence-electron chi connectivity index (χ0n) is 14.5. The summed E-state index contributed by atoms with van der Waals surface area (Å²) in [7, 11) is 0. The molecule has 0 amide bonds. The number of carboxylic acid groups (broad SMARTS) is 2. The van der Waals surface area contributed by atoms with Crippen LogP contribution >= 0.6 is 0 Å². The molecule has 0 aromatic rings. The Morgan fingerprint density at radius 1 is 1.08 bits per heavy atom. The van der Waals surface area contributed by atoms with E-state index in [1.54, 1.807) is 13.8 Å². The predicted octanol–water partition coefficient (Wildman–Crippen LogP) is 1.59. The van der Waals surface area contributed by atoms with Gasteiger partial charge in [-0.2, -0.15) is 0 Å². The number of carbonyl (C=O) groups excluding carboxylic acids is 2. The summed E-state index contributed by atoms with van der Waals surface area (Å²) in [5.74, 6) is -5.64. The summed E-state index contributed by atoms with van der Waals surface area (Å²) in [6.07, 6.45) is 0.311. The Labute approximate surface area is 140 Å². The summed E-state index contributed by atoms with van der Waals surface area (Å²) in [6, 6.07) is 0. The van der Waals surface area contributed by atoms with E-state index in [0.29, 0.717) is 0 Å². The molecule has 0 heterocycles. The highest BCUT2D eigenvalue weighted by molar-refractivity contribution is 5.93. The van der Waals surface area contributed by atoms with E-state index in [9.17, 15) is 24.3 Å². The maximum absolute atomic E-state index is 12.2. The van der Waals surface area contributed by atoms with Crippen molar-refractivity contribution in [1.29, 1.82) is 0 Å². The molecule has 0 aromatic heterocycles. The van der Waals surface area contributed by atoms with Gasteiger partial charge < -0.3 is 20.1 Å². The first kappa shape index (κ1) is 22.0. The van der Waals surface area contributed by atoms with Crippen LogP contribution in [0, 0.1) is 11.3 Å². The van der Waals surface area contributed by atoms with E-state index in [1.165, 1.54) is 0 Å². The van der Waals surface area contributed by atoms with Crippen LogP contribution in [0.15, 0.2) is 0 Å². The van der Waals surface area contributed by atoms with E-state index >= 15 is 0 Å². The second-order valence-corrected chi connectivity index (χ2v) is 6.61. The van der Waals surface area contributed by atoms with Crippen LogP contribution in [0.1, 0.15) is 59.8 Å². The molecule has 3 N–H and O–H groups in total. The van der Waals surface area contributed by atoms with Crippen LogP contribution in [-0.2, 0) is 23.9 Å². The summed E-state index contributed by atoms with van der Waals surface area (Å²) >= 11 is 0. The van der Waals surface area contributed by atoms with Gasteiger partial charge in [0.1, 0.15) is 0 Å². The third-order valence-corrected chi connectivity index (χ3v) is 4.23. The number of rotatable bonds is 10. The topological polar surface area (TPSA) is 138 Å². The standard InChI is InChI=1S/C16H26O8/c1-5-6-7-10(2)15(3,4)14(22)24-12(19)9-16(23,13(20)21)8-11(17)18/h10,23H,5-9H2,1-4H3,(H,17,18)(H,20,21). The largest absolute Gasteiger partial charge is 0.481 e. The zero-order valence-corrected chi connectivity index (χ0v) is 14.5. The lowest BCUT2D eigenvalue weighted by Gasteiger charge is -2.29. The minimum Gasteiger partial charge on any atom is -0.481 e. The number of carbonyl (C=O) groups is 4. The minimum absolute atomic E-state index is 0.0740. The zero-order chi connectivity index (χ0) is 19.1. The van der Waals surface area contributed by atoms with Gasteiger partial charge in [-0.05, 0) is 26.2 Å². The molecule has 0 fully saturated rings. The lowest BCUT2D eigenvalue weighted by molar-refractivity contribution is -0.178. The molecule has 0 aliphatic rings. The van der Waals surface area contributed by atoms with E-state index < -0.39 is 47.7 Å². The van der Waals surface area contributed by atoms with E-state index in [-0.39, 0.29) is 5.92 Å². The van der Waals surface area contributed by atoms with Crippen LogP contribution in [-0.4, -0.2) is 44.8 Å². The highest BCUT2D eigenvalue weighted by Crippen LogP contribution is 2.32. The summed E-state index contributed by atoms with van der Waals surface area (Å²) < 4.78 is 4.65. The minimum atomic E-state index is -2.82. The number of hydrogen-bond acceptors (Lipinski definition) is 6. The highest BCUT2D eigenvalue weighted by atomic mass is 16.6. The van der Waals surface area contributed by atoms with Gasteiger partial charge in [-0.3, -0.25) is 14.4 Å². The number of carboxylic acids is 2. The Kier molecular flexibility index (Phi) is 8.05. The number of hydrogen-bond donors (Lipinski definition) is 3. The molecule has 24 heavy (non-hydrogen) atoms. The van der Waals surface area contributed by atoms with Gasteiger partial charge in [0.25, 0.3) is 0 Å². The monoisotopic (exact) mass is 346 g/mol. The van der Waals surface area contributed by atoms with E-state index in [2.05, 4.69) is 4.74 Å². The molecule has 0 saturated heterocycles. The van der Waals surface area contributed by atoms with Crippen LogP contribution in [0.25, 0.3) is 0 Å². The first-order chi connectivity index (χ1) is 10.9. The van der Waals surface area contributed by atoms with Crippen molar-refractivity contribution in [2.75, 3.05) is 0 Å². The molecule has 0 radical (unpaired) electrons. The molecule has 8 heteroatoms. The smallest absolute Gasteiger partial charge is 0.336 e. The van der Waals surface area contributed by atoms with Gasteiger partial charge in [-0.15, -0.1) is 0 Å². The molecule has 0 spiro atoms. The second kappa shape index (κ2) is 8.77. The molecule has 0 bridgehead atoms. The van der Waals surface area contributed by atoms with Gasteiger partial charge in [0, 0.05) is 0 Å². The summed E-state index contributed by atoms with van der Waals surface area (Å²) in [6.45, 7) is 7.09. The Bertz CT molecular complexity index is 496. The van der Waals surface area contributed by atoms with Gasteiger partial charge in [-0.25, -0.2) is 4.79 Å². The van der Waals surface area contributed by atoms with E-state index in [1.807, 2.05) is 13.8 Å². The predicted molar refractivity (Wildman–Crippen MR) is 83.0 cm³/mol. The van der Waals surface area contributed by atoms with E-state index in [4.69, 9.17) is 10.2 Å². The number of esters is 2. The molecule has 0 aliphatic carbocycles. The van der Waals surface area contributed by atoms with Crippen molar-refractivity contribution in [1.82, 2.24) is 0 Å². The molecular formula is C16H26O8. The van der Waals surface area contributed by atoms with Crippen LogP contribution in [0.2, 0.25) is 0 Å². The number of aliphatic hydroxyl groups is 1. The fourth-order valence-corrected chi connectivity index (χ4v) is 2.05. The molecule has 0 saturated carbocycles. The molecule has 0 aromatic carbocycles. The highest BCUT2D eigenvalue weighted by Gasteiger charge is 2.43. The lowest BCUT2D eigenvalue weighted by atomic mass is 9.77. The van der Waals surface area contributed by atoms with Crippen molar-refractivity contribution in [3.63, 3.8) is 0 Å². The fourth-order valence-electron chi connectivity index (χ4n) is 2.05. The van der Waals surface area contributed by atoms with Crippen LogP contribution < -0.4 is 0 Å². The molecule has 8 nitrogen and oxygen atoms in total. The van der Waals surface area contributed by atoms with Crippen molar-refractivity contribution in [2.24, 2.45) is 11.3 Å². The van der Waals surface area contributed by atoms with Crippen molar-refractivity contribution >= 4 is 23.9 Å². The number of unbranched alkanes of at least 4 members (excludes halogenated alkanes) is 1. The molecule has 2 unspecified atom stereocenters. The van der Waals surface area contributed by atoms with Gasteiger partial charge in [0.2, 0.25) is 0 Å². The first-order valence-electron chi connectivity index (χ1n) is 7.79. The van der Waals surface area contributed by atoms with E-state index in [0.717, 1.165) is 19.3 Å². The van der Waals surface area contributed by atoms with Gasteiger partial charge in [0.15, 0.2) is 5.60 Å². The van der Waals surface area contributed by atoms with Crippen LogP contribution in [0.4, 0.5) is 0 Å². The Balaban J connectivity index is 4.93. The van der Waals surface area contributed by atoms with Crippen LogP contribution in [0.5, 0.6) is 0 Å². The Morgan fingerprint density at radius 2 is 1.62 bits per heavy atom. The number of ether oxygens (including phenoxy) is 1. The molecule has 0 rings (SSSR count). The normalized spacial score (nSPS) is 15.2. The lowest BCUT2D eigenvalue weighted by Crippen LogP contribution is -2.44. The molecule has 2 atom stereocenters. The fraction of sp³-hybridized carbons (Fsp3) is 0.750. The van der Waals surface area contributed by atoms with Crippen molar-refractivity contribution in [2.45, 2.75) is 65.4 Å². The Morgan fingerprint density at radius 3 is 2.04 bits per heavy atom. The third-order valence-electron chi connectivity index (χ3n) is 4.23. The maximum atomic E-state index is 12.2. The third kappa shape index (κ3) is 6.27. The van der Waals surface area contributed by atoms with Crippen molar-refractivity contribution < 1.29 is 39.2 Å². The maximum Gasteiger partial charge on any atom is 0.336 e. The quantitative estimate of drug-likeness (QED) is 0.400.